The van der Waals surface area contributed by atoms with Crippen LogP contribution in [0.25, 0.3) is 11.2 Å². The molecule has 3 heterocycles. The highest BCUT2D eigenvalue weighted by molar-refractivity contribution is 5.98. The Hall–Kier alpha value is -5.21. The number of aliphatic hydroxyl groups is 2. The second-order valence-corrected chi connectivity index (χ2v) is 11.7. The van der Waals surface area contributed by atoms with Crippen LogP contribution in [-0.4, -0.2) is 80.6 Å². The van der Waals surface area contributed by atoms with Crippen LogP contribution >= 0.6 is 0 Å². The minimum Gasteiger partial charge on any atom is -0.497 e. The van der Waals surface area contributed by atoms with E-state index in [0.717, 1.165) is 16.7 Å². The lowest BCUT2D eigenvalue weighted by molar-refractivity contribution is -0.121. The van der Waals surface area contributed by atoms with Gasteiger partial charge in [-0.15, -0.1) is 0 Å². The van der Waals surface area contributed by atoms with E-state index in [1.807, 2.05) is 78.9 Å². The Bertz CT molecular complexity index is 1850. The molecular formula is C36H37N5O8. The second-order valence-electron chi connectivity index (χ2n) is 11.7. The van der Waals surface area contributed by atoms with E-state index >= 15 is 0 Å². The van der Waals surface area contributed by atoms with E-state index in [1.165, 1.54) is 24.1 Å². The fraction of sp³-hybridized carbons (Fsp3) is 0.306. The summed E-state index contributed by atoms with van der Waals surface area (Å²) in [6.07, 6.45) is -2.02. The normalized spacial score (nSPS) is 19.1. The van der Waals surface area contributed by atoms with Crippen molar-refractivity contribution in [2.24, 2.45) is 0 Å². The fourth-order valence-electron chi connectivity index (χ4n) is 5.99. The number of anilines is 1. The third kappa shape index (κ3) is 6.74. The molecule has 0 spiro atoms. The number of nitrogens with one attached hydrogen (secondary N) is 1. The lowest BCUT2D eigenvalue weighted by atomic mass is 9.80. The summed E-state index contributed by atoms with van der Waals surface area (Å²) in [6.45, 7) is 1.29. The average Bonchev–Trinajstić information content (AvgIpc) is 3.69. The van der Waals surface area contributed by atoms with Crippen LogP contribution in [0.2, 0.25) is 0 Å². The zero-order valence-corrected chi connectivity index (χ0v) is 27.2. The molecule has 1 amide bonds. The third-order valence-corrected chi connectivity index (χ3v) is 8.57. The van der Waals surface area contributed by atoms with Crippen molar-refractivity contribution >= 4 is 28.7 Å². The molecule has 5 aromatic rings. The number of methoxy groups -OCH3 is 2. The summed E-state index contributed by atoms with van der Waals surface area (Å²) in [5.41, 5.74) is 1.77. The van der Waals surface area contributed by atoms with Crippen LogP contribution in [0.5, 0.6) is 11.5 Å². The van der Waals surface area contributed by atoms with Crippen LogP contribution in [0.4, 0.5) is 5.82 Å². The monoisotopic (exact) mass is 667 g/mol. The first kappa shape index (κ1) is 33.7. The topological polar surface area (TPSA) is 167 Å². The minimum atomic E-state index is -1.37. The van der Waals surface area contributed by atoms with E-state index < -0.39 is 36.0 Å². The van der Waals surface area contributed by atoms with Gasteiger partial charge in [-0.1, -0.05) is 54.6 Å². The van der Waals surface area contributed by atoms with Crippen LogP contribution < -0.4 is 14.8 Å². The summed E-state index contributed by atoms with van der Waals surface area (Å²) in [5, 5.41) is 25.2. The van der Waals surface area contributed by atoms with Gasteiger partial charge in [0, 0.05) is 12.8 Å². The van der Waals surface area contributed by atoms with Crippen LogP contribution in [0.3, 0.4) is 0 Å². The third-order valence-electron chi connectivity index (χ3n) is 8.57. The minimum absolute atomic E-state index is 0.00259. The van der Waals surface area contributed by atoms with Crippen molar-refractivity contribution in [2.75, 3.05) is 26.1 Å². The maximum Gasteiger partial charge on any atom is 0.226 e. The molecule has 13 nitrogen and oxygen atoms in total. The maximum absolute atomic E-state index is 12.4. The van der Waals surface area contributed by atoms with E-state index in [4.69, 9.17) is 18.9 Å². The summed E-state index contributed by atoms with van der Waals surface area (Å²) in [4.78, 5) is 36.5. The number of carbonyl (C=O) groups excluding carboxylic acids is 2. The summed E-state index contributed by atoms with van der Waals surface area (Å²) >= 11 is 0. The largest absolute Gasteiger partial charge is 0.497 e. The van der Waals surface area contributed by atoms with Gasteiger partial charge in [-0.2, -0.15) is 0 Å². The Balaban J connectivity index is 1.31. The molecule has 3 aromatic carbocycles. The number of nitrogens with zero attached hydrogens (tertiary/aromatic N) is 4. The smallest absolute Gasteiger partial charge is 0.226 e. The van der Waals surface area contributed by atoms with Gasteiger partial charge in [0.1, 0.15) is 47.5 Å². The van der Waals surface area contributed by atoms with Crippen LogP contribution in [-0.2, 0) is 24.7 Å². The highest BCUT2D eigenvalue weighted by Crippen LogP contribution is 2.43. The molecule has 6 rings (SSSR count). The Labute approximate surface area is 282 Å². The number of benzene rings is 3. The summed E-state index contributed by atoms with van der Waals surface area (Å²) in [7, 11) is 3.20. The first-order valence-electron chi connectivity index (χ1n) is 15.7. The quantitative estimate of drug-likeness (QED) is 0.156. The van der Waals surface area contributed by atoms with Gasteiger partial charge in [0.15, 0.2) is 23.2 Å². The molecule has 4 atom stereocenters. The number of amides is 1. The molecular weight excluding hydrogens is 630 g/mol. The average molecular weight is 668 g/mol. The number of aromatic nitrogens is 4. The number of imidazole rings is 1. The summed E-state index contributed by atoms with van der Waals surface area (Å²) in [5.74, 6) is 1.000. The van der Waals surface area contributed by atoms with Crippen molar-refractivity contribution in [3.8, 4) is 11.5 Å². The lowest BCUT2D eigenvalue weighted by Crippen LogP contribution is -2.39. The summed E-state index contributed by atoms with van der Waals surface area (Å²) in [6, 6.07) is 24.8. The molecule has 1 fully saturated rings. The lowest BCUT2D eigenvalue weighted by Gasteiger charge is -2.37. The molecule has 1 saturated heterocycles. The van der Waals surface area contributed by atoms with Crippen LogP contribution in [0.15, 0.2) is 91.5 Å². The van der Waals surface area contributed by atoms with Crippen molar-refractivity contribution in [1.29, 1.82) is 0 Å². The second kappa shape index (κ2) is 14.5. The molecule has 13 heteroatoms. The highest BCUT2D eigenvalue weighted by Gasteiger charge is 2.47. The first-order chi connectivity index (χ1) is 23.7. The number of rotatable bonds is 13. The molecule has 0 unspecified atom stereocenters. The number of Topliss-reactive ketones (excluding diaryl/α,β-unsaturated/α-hetero) is 1. The number of ether oxygens (including phenoxy) is 4. The SMILES string of the molecule is COc1ccc(C(OC[C@H]2O[C@@H](n3cnc4c(NC(=O)CCC(C)=O)ncnc43)[C@H](O)[C@@H]2O)(c2ccccc2)c2ccc(OC)cc2)cc1. The van der Waals surface area contributed by atoms with E-state index in [1.54, 1.807) is 14.2 Å². The molecule has 0 aliphatic carbocycles. The molecule has 0 radical (unpaired) electrons. The number of ketones is 1. The Kier molecular flexibility index (Phi) is 9.97. The maximum atomic E-state index is 12.4. The molecule has 3 N–H and O–H groups in total. The standard InChI is InChI=1S/C36H37N5O8/c1-22(42)9-18-29(43)40-33-30-34(38-20-37-33)41(21-39-30)35-32(45)31(44)28(49-35)19-48-36(23-7-5-4-6-8-23,24-10-14-26(46-2)15-11-24)25-12-16-27(47-3)17-13-25/h4-8,10-17,20-21,28,31-32,35,44-45H,9,18-19H2,1-3H3,(H,37,38,40,43)/t28-,31-,32-,35-/m1/s1. The van der Waals surface area contributed by atoms with E-state index in [9.17, 15) is 19.8 Å². The number of hydrogen-bond acceptors (Lipinski definition) is 11. The van der Waals surface area contributed by atoms with Gasteiger partial charge in [0.25, 0.3) is 0 Å². The molecule has 2 aromatic heterocycles. The van der Waals surface area contributed by atoms with Gasteiger partial charge < -0.3 is 39.3 Å². The van der Waals surface area contributed by atoms with Crippen molar-refractivity contribution in [3.05, 3.63) is 108 Å². The molecule has 1 aliphatic rings. The Morgan fingerprint density at radius 3 is 2.04 bits per heavy atom. The Morgan fingerprint density at radius 1 is 0.837 bits per heavy atom. The highest BCUT2D eigenvalue weighted by atomic mass is 16.6. The molecule has 0 bridgehead atoms. The fourth-order valence-corrected chi connectivity index (χ4v) is 5.99. The molecule has 1 aliphatic heterocycles. The van der Waals surface area contributed by atoms with Crippen LogP contribution in [0, 0.1) is 0 Å². The van der Waals surface area contributed by atoms with Crippen molar-refractivity contribution in [3.63, 3.8) is 0 Å². The number of fused-ring (bicyclic) bond motifs is 1. The predicted octanol–water partition coefficient (Wildman–Crippen LogP) is 3.78. The van der Waals surface area contributed by atoms with E-state index in [2.05, 4.69) is 20.3 Å². The Morgan fingerprint density at radius 2 is 1.45 bits per heavy atom. The van der Waals surface area contributed by atoms with Gasteiger partial charge >= 0.3 is 0 Å². The van der Waals surface area contributed by atoms with E-state index in [0.29, 0.717) is 11.5 Å². The zero-order chi connectivity index (χ0) is 34.5. The van der Waals surface area contributed by atoms with Gasteiger partial charge in [0.2, 0.25) is 5.91 Å². The van der Waals surface area contributed by atoms with Crippen LogP contribution in [0.1, 0.15) is 42.7 Å². The number of hydrogen-bond donors (Lipinski definition) is 3. The number of carbonyl (C=O) groups is 2. The van der Waals surface area contributed by atoms with E-state index in [-0.39, 0.29) is 42.2 Å². The van der Waals surface area contributed by atoms with Gasteiger partial charge in [-0.05, 0) is 47.9 Å². The molecule has 0 saturated carbocycles. The zero-order valence-electron chi connectivity index (χ0n) is 27.2. The van der Waals surface area contributed by atoms with Gasteiger partial charge in [-0.25, -0.2) is 15.0 Å². The van der Waals surface area contributed by atoms with Crippen molar-refractivity contribution in [2.45, 2.75) is 49.9 Å². The first-order valence-corrected chi connectivity index (χ1v) is 15.7. The predicted molar refractivity (Wildman–Crippen MR) is 178 cm³/mol. The van der Waals surface area contributed by atoms with Gasteiger partial charge in [0.05, 0.1) is 27.2 Å². The van der Waals surface area contributed by atoms with Crippen molar-refractivity contribution < 1.29 is 38.7 Å². The number of aliphatic hydroxyl groups excluding tert-OH is 2. The van der Waals surface area contributed by atoms with Gasteiger partial charge in [-0.3, -0.25) is 9.36 Å². The van der Waals surface area contributed by atoms with Crippen molar-refractivity contribution in [1.82, 2.24) is 19.5 Å². The molecule has 254 valence electrons. The molecule has 49 heavy (non-hydrogen) atoms. The summed E-state index contributed by atoms with van der Waals surface area (Å²) < 4.78 is 25.5.